The molecule has 6 heterocycles. The number of benzene rings is 4. The van der Waals surface area contributed by atoms with Gasteiger partial charge in [0.25, 0.3) is 0 Å². The highest BCUT2D eigenvalue weighted by Crippen LogP contribution is 2.40. The average molecular weight is 1900 g/mol. The summed E-state index contributed by atoms with van der Waals surface area (Å²) in [6.45, 7) is 38.2. The van der Waals surface area contributed by atoms with Gasteiger partial charge in [-0.15, -0.1) is 0 Å². The van der Waals surface area contributed by atoms with Gasteiger partial charge in [0, 0.05) is 98.8 Å². The smallest absolute Gasteiger partial charge is 0.408 e. The summed E-state index contributed by atoms with van der Waals surface area (Å²) in [5, 5.41) is 19.3. The molecule has 10 rings (SSSR count). The number of hydrogen-bond donors (Lipinski definition) is 6. The SMILES string of the molecule is CCCCC(NC(=O)C(CC(=O)C1CCCN1C(=O)C(/C=C/C(CC(C)C)NC(=O)OC(C)(C)C)Cc1ccccc1)C(C)C)C(=O)CCCCCC(=O)c1cccc2c1N=C(C1(C)CCCN1)C2.CCCC[C@H](NC(=O)[C@@H](CC(=O)[C@@H]1CCCN1C(=O)[C@H](/C=C/[C@H](CC(C)C)NC(=O)OC(C)(C)C)Cc1ccccc1)C(C)C)C(=O)CCCCCC(=O)c1cccc2c1N=C([C@]1(C)CCCN1)C2. The number of fused-ring (bicyclic) bond motifs is 2. The molecule has 4 aromatic carbocycles. The maximum absolute atomic E-state index is 14.6. The topological polar surface area (TPSA) is 327 Å². The van der Waals surface area contributed by atoms with Crippen LogP contribution in [0.4, 0.5) is 21.0 Å². The second-order valence-corrected chi connectivity index (χ2v) is 43.7. The van der Waals surface area contributed by atoms with Crippen molar-refractivity contribution >= 4 is 93.3 Å². The Morgan fingerprint density at radius 2 is 0.826 bits per heavy atom. The van der Waals surface area contributed by atoms with Gasteiger partial charge in [-0.2, -0.15) is 0 Å². The van der Waals surface area contributed by atoms with Crippen LogP contribution in [0.15, 0.2) is 131 Å². The second kappa shape index (κ2) is 53.6. The first-order valence-electron chi connectivity index (χ1n) is 52.3. The minimum absolute atomic E-state index is 0.0317. The quantitative estimate of drug-likeness (QED) is 0.0136. The molecule has 0 saturated carbocycles. The summed E-state index contributed by atoms with van der Waals surface area (Å²) in [4.78, 5) is 179. The van der Waals surface area contributed by atoms with Crippen molar-refractivity contribution < 1.29 is 67.0 Å². The molecule has 24 heteroatoms. The molecule has 6 N–H and O–H groups in total. The van der Waals surface area contributed by atoms with Crippen LogP contribution in [-0.2, 0) is 73.5 Å². The molecular formula is C114H166N10O14. The first kappa shape index (κ1) is 112. The van der Waals surface area contributed by atoms with Gasteiger partial charge in [-0.1, -0.05) is 217 Å². The molecule has 6 aliphatic heterocycles. The molecule has 6 amide bonds. The first-order chi connectivity index (χ1) is 65.6. The Kier molecular flexibility index (Phi) is 43.4. The highest BCUT2D eigenvalue weighted by atomic mass is 16.6. The molecule has 4 saturated heterocycles. The van der Waals surface area contributed by atoms with E-state index < -0.39 is 71.2 Å². The number of ether oxygens (including phenoxy) is 2. The van der Waals surface area contributed by atoms with E-state index in [9.17, 15) is 57.5 Å². The Labute approximate surface area is 824 Å². The van der Waals surface area contributed by atoms with Crippen molar-refractivity contribution in [3.8, 4) is 0 Å². The van der Waals surface area contributed by atoms with Crippen LogP contribution in [0.5, 0.6) is 0 Å². The van der Waals surface area contributed by atoms with E-state index >= 15 is 0 Å². The molecule has 12 atom stereocenters. The maximum Gasteiger partial charge on any atom is 0.408 e. The predicted molar refractivity (Wildman–Crippen MR) is 550 cm³/mol. The van der Waals surface area contributed by atoms with Gasteiger partial charge in [0.15, 0.2) is 34.7 Å². The number of likely N-dealkylation sites (tertiary alicyclic amines) is 2. The van der Waals surface area contributed by atoms with Crippen LogP contribution < -0.4 is 31.9 Å². The Morgan fingerprint density at radius 1 is 0.457 bits per heavy atom. The van der Waals surface area contributed by atoms with Crippen molar-refractivity contribution in [1.82, 2.24) is 41.7 Å². The Hall–Kier alpha value is -9.94. The summed E-state index contributed by atoms with van der Waals surface area (Å²) in [5.74, 6) is -3.57. The summed E-state index contributed by atoms with van der Waals surface area (Å²) in [5.41, 5.74) is 7.77. The fourth-order valence-corrected chi connectivity index (χ4v) is 20.1. The Balaban J connectivity index is 0.000000309. The summed E-state index contributed by atoms with van der Waals surface area (Å²) in [7, 11) is 0. The third kappa shape index (κ3) is 34.2. The normalized spacial score (nSPS) is 19.8. The Bertz CT molecular complexity index is 4570. The van der Waals surface area contributed by atoms with Crippen molar-refractivity contribution in [2.75, 3.05) is 26.2 Å². The van der Waals surface area contributed by atoms with E-state index in [1.807, 2.05) is 178 Å². The minimum Gasteiger partial charge on any atom is -0.444 e. The van der Waals surface area contributed by atoms with Crippen molar-refractivity contribution in [3.63, 3.8) is 0 Å². The summed E-state index contributed by atoms with van der Waals surface area (Å²) >= 11 is 0. The molecule has 0 aromatic heterocycles. The average Bonchev–Trinajstić information content (AvgIpc) is 1.63. The molecule has 24 nitrogen and oxygen atoms in total. The van der Waals surface area contributed by atoms with Crippen LogP contribution in [0.2, 0.25) is 0 Å². The van der Waals surface area contributed by atoms with Crippen LogP contribution in [0.1, 0.15) is 347 Å². The molecule has 6 unspecified atom stereocenters. The monoisotopic (exact) mass is 1900 g/mol. The van der Waals surface area contributed by atoms with E-state index in [1.165, 1.54) is 0 Å². The molecule has 0 bridgehead atoms. The van der Waals surface area contributed by atoms with Crippen LogP contribution in [0.25, 0.3) is 0 Å². The lowest BCUT2D eigenvalue weighted by Gasteiger charge is -2.29. The summed E-state index contributed by atoms with van der Waals surface area (Å²) < 4.78 is 11.1. The van der Waals surface area contributed by atoms with Crippen molar-refractivity contribution in [2.45, 2.75) is 389 Å². The summed E-state index contributed by atoms with van der Waals surface area (Å²) in [6.07, 6.45) is 26.3. The number of hydrogen-bond acceptors (Lipinski definition) is 18. The number of nitrogens with zero attached hydrogens (tertiary/aromatic N) is 4. The lowest BCUT2D eigenvalue weighted by atomic mass is 9.86. The van der Waals surface area contributed by atoms with Gasteiger partial charge < -0.3 is 51.2 Å². The van der Waals surface area contributed by atoms with E-state index in [0.29, 0.717) is 153 Å². The number of amides is 6. The summed E-state index contributed by atoms with van der Waals surface area (Å²) in [6, 6.07) is 27.9. The van der Waals surface area contributed by atoms with E-state index in [4.69, 9.17) is 19.5 Å². The van der Waals surface area contributed by atoms with Crippen LogP contribution in [0, 0.1) is 47.3 Å². The molecular weight excluding hydrogens is 1730 g/mol. The van der Waals surface area contributed by atoms with Gasteiger partial charge >= 0.3 is 12.2 Å². The van der Waals surface area contributed by atoms with Crippen molar-refractivity contribution in [1.29, 1.82) is 0 Å². The van der Waals surface area contributed by atoms with Crippen LogP contribution >= 0.6 is 0 Å². The van der Waals surface area contributed by atoms with E-state index in [2.05, 4.69) is 99.4 Å². The highest BCUT2D eigenvalue weighted by molar-refractivity contribution is 6.09. The number of ketones is 6. The molecule has 0 aliphatic carbocycles. The molecule has 0 radical (unpaired) electrons. The van der Waals surface area contributed by atoms with Crippen molar-refractivity contribution in [3.05, 3.63) is 155 Å². The number of carbonyl (C=O) groups excluding carboxylic acids is 12. The fourth-order valence-electron chi connectivity index (χ4n) is 20.1. The molecule has 4 aromatic rings. The standard InChI is InChI=1S/2C57H83N5O7/c2*1-10-11-25-46(49(64)28-17-13-16-27-48(63)44-24-18-23-41-36-51(61-52(41)44)57(9)31-20-32-58-57)60-53(66)45(39(4)5)37-50(65)47-26-19-33-62(47)54(67)42(35-40-21-14-12-15-22-40)29-30-43(34-38(2)3)59-55(68)69-56(6,7)8/h2*12,14-15,18,21-24,29-30,38-39,42-43,45-47,58H,10-11,13,16-17,19-20,25-28,31-37H2,1-9H3,(H,59,68)(H,60,66)/b2*30-29+/t42-,43-,45+,46+,47+,57+;/m1./s1. The number of aliphatic imine (C=N–C) groups is 2. The van der Waals surface area contributed by atoms with E-state index in [0.717, 1.165) is 122 Å². The minimum atomic E-state index is -0.675. The molecule has 138 heavy (non-hydrogen) atoms. The Morgan fingerprint density at radius 3 is 1.16 bits per heavy atom. The van der Waals surface area contributed by atoms with Crippen molar-refractivity contribution in [2.24, 2.45) is 57.3 Å². The number of unbranched alkanes of at least 4 members (excludes halogenated alkanes) is 6. The van der Waals surface area contributed by atoms with Crippen LogP contribution in [-0.4, -0.2) is 176 Å². The second-order valence-electron chi connectivity index (χ2n) is 43.7. The maximum atomic E-state index is 14.6. The number of rotatable bonds is 52. The van der Waals surface area contributed by atoms with E-state index in [-0.39, 0.29) is 118 Å². The van der Waals surface area contributed by atoms with Crippen LogP contribution in [0.3, 0.4) is 0 Å². The number of carbonyl (C=O) groups is 12. The van der Waals surface area contributed by atoms with Gasteiger partial charge in [0.05, 0.1) is 70.5 Å². The third-order valence-electron chi connectivity index (χ3n) is 28.0. The highest BCUT2D eigenvalue weighted by Gasteiger charge is 2.44. The zero-order chi connectivity index (χ0) is 101. The molecule has 756 valence electrons. The van der Waals surface area contributed by atoms with Gasteiger partial charge in [0.1, 0.15) is 11.2 Å². The predicted octanol–water partition coefficient (Wildman–Crippen LogP) is 20.8. The molecule has 6 aliphatic rings. The lowest BCUT2D eigenvalue weighted by Crippen LogP contribution is -2.47. The van der Waals surface area contributed by atoms with Gasteiger partial charge in [-0.05, 0) is 242 Å². The van der Waals surface area contributed by atoms with Gasteiger partial charge in [-0.3, -0.25) is 57.9 Å². The zero-order valence-electron chi connectivity index (χ0n) is 86.6. The zero-order valence-corrected chi connectivity index (χ0v) is 86.6. The number of alkyl carbamates (subject to hydrolysis) is 2. The number of Topliss-reactive ketones (excluding diaryl/α,β-unsaturated/α-hetero) is 6. The largest absolute Gasteiger partial charge is 0.444 e. The number of nitrogens with one attached hydrogen (secondary N) is 6. The third-order valence-corrected chi connectivity index (χ3v) is 28.0. The lowest BCUT2D eigenvalue weighted by molar-refractivity contribution is -0.141. The van der Waals surface area contributed by atoms with E-state index in [1.54, 1.807) is 9.80 Å². The van der Waals surface area contributed by atoms with Gasteiger partial charge in [0.2, 0.25) is 23.6 Å². The molecule has 0 spiro atoms. The number of para-hydroxylation sites is 2. The first-order valence-corrected chi connectivity index (χ1v) is 52.3. The molecule has 4 fully saturated rings. The fraction of sp³-hybridized carbons (Fsp3) is 0.632. The van der Waals surface area contributed by atoms with Gasteiger partial charge in [-0.25, -0.2) is 9.59 Å².